The van der Waals surface area contributed by atoms with E-state index < -0.39 is 15.9 Å². The van der Waals surface area contributed by atoms with E-state index in [1.54, 1.807) is 37.6 Å². The van der Waals surface area contributed by atoms with Gasteiger partial charge in [0.05, 0.1) is 12.9 Å². The number of rotatable bonds is 8. The molecule has 1 amide bonds. The number of amides is 1. The lowest BCUT2D eigenvalue weighted by atomic mass is 9.87. The first-order valence-electron chi connectivity index (χ1n) is 9.26. The summed E-state index contributed by atoms with van der Waals surface area (Å²) < 4.78 is 27.4. The second-order valence-electron chi connectivity index (χ2n) is 6.83. The molecule has 0 saturated carbocycles. The molecule has 0 aliphatic heterocycles. The molecule has 1 unspecified atom stereocenters. The number of phenols is 1. The monoisotopic (exact) mass is 429 g/mol. The number of hydrogen-bond donors (Lipinski definition) is 3. The molecule has 1 atom stereocenters. The van der Waals surface area contributed by atoms with Crippen molar-refractivity contribution >= 4 is 26.8 Å². The topological polar surface area (TPSA) is 132 Å². The summed E-state index contributed by atoms with van der Waals surface area (Å²) in [5.41, 5.74) is 1.79. The molecule has 2 aromatic carbocycles. The van der Waals surface area contributed by atoms with E-state index in [1.807, 2.05) is 24.3 Å². The molecule has 9 heteroatoms. The Bertz CT molecular complexity index is 1150. The molecule has 30 heavy (non-hydrogen) atoms. The van der Waals surface area contributed by atoms with Crippen LogP contribution in [0.15, 0.2) is 54.7 Å². The zero-order valence-electron chi connectivity index (χ0n) is 16.4. The van der Waals surface area contributed by atoms with Gasteiger partial charge in [0.25, 0.3) is 0 Å². The highest BCUT2D eigenvalue weighted by Crippen LogP contribution is 2.38. The summed E-state index contributed by atoms with van der Waals surface area (Å²) in [4.78, 5) is 16.8. The van der Waals surface area contributed by atoms with Gasteiger partial charge in [0.15, 0.2) is 0 Å². The molecular formula is C21H23N3O5S. The summed E-state index contributed by atoms with van der Waals surface area (Å²) in [5.74, 6) is -0.514. The maximum atomic E-state index is 12.5. The largest absolute Gasteiger partial charge is 0.505 e. The first-order chi connectivity index (χ1) is 14.3. The lowest BCUT2D eigenvalue weighted by Gasteiger charge is -2.20. The summed E-state index contributed by atoms with van der Waals surface area (Å²) in [6, 6.07) is 14.4. The Morgan fingerprint density at radius 2 is 1.93 bits per heavy atom. The molecule has 0 bridgehead atoms. The summed E-state index contributed by atoms with van der Waals surface area (Å²) in [6.07, 6.45) is 1.59. The number of hydrogen-bond acceptors (Lipinski definition) is 6. The van der Waals surface area contributed by atoms with E-state index in [0.29, 0.717) is 16.8 Å². The molecule has 158 valence electrons. The maximum Gasteiger partial charge on any atom is 0.220 e. The number of pyridine rings is 1. The van der Waals surface area contributed by atoms with Gasteiger partial charge in [-0.3, -0.25) is 9.78 Å². The van der Waals surface area contributed by atoms with E-state index >= 15 is 0 Å². The highest BCUT2D eigenvalue weighted by Gasteiger charge is 2.23. The Morgan fingerprint density at radius 3 is 2.60 bits per heavy atom. The van der Waals surface area contributed by atoms with Gasteiger partial charge in [0, 0.05) is 36.0 Å². The Morgan fingerprint density at radius 1 is 1.20 bits per heavy atom. The normalized spacial score (nSPS) is 12.5. The molecule has 8 nitrogen and oxygen atoms in total. The van der Waals surface area contributed by atoms with E-state index in [9.17, 15) is 18.3 Å². The number of benzene rings is 2. The molecule has 3 rings (SSSR count). The highest BCUT2D eigenvalue weighted by atomic mass is 32.2. The number of nitrogens with one attached hydrogen (secondary N) is 1. The number of carbonyl (C=O) groups excluding carboxylic acids is 1. The Hall–Kier alpha value is -3.17. The zero-order valence-corrected chi connectivity index (χ0v) is 17.2. The smallest absolute Gasteiger partial charge is 0.220 e. The Labute approximate surface area is 174 Å². The van der Waals surface area contributed by atoms with Crippen LogP contribution < -0.4 is 15.2 Å². The zero-order chi connectivity index (χ0) is 21.7. The first kappa shape index (κ1) is 21.5. The van der Waals surface area contributed by atoms with Crippen LogP contribution in [0.1, 0.15) is 23.5 Å². The van der Waals surface area contributed by atoms with Gasteiger partial charge in [-0.05, 0) is 23.8 Å². The number of carbonyl (C=O) groups is 1. The van der Waals surface area contributed by atoms with Crippen LogP contribution in [0.5, 0.6) is 11.5 Å². The van der Waals surface area contributed by atoms with Crippen molar-refractivity contribution in [3.05, 3.63) is 65.9 Å². The van der Waals surface area contributed by atoms with Gasteiger partial charge in [-0.1, -0.05) is 30.3 Å². The number of ether oxygens (including phenoxy) is 1. The molecule has 1 heterocycles. The number of methoxy groups -OCH3 is 1. The van der Waals surface area contributed by atoms with Crippen molar-refractivity contribution in [1.29, 1.82) is 0 Å². The SMILES string of the molecule is COc1ccc(C(CC(=O)NCCS(N)(=O)=O)c2ccc3cccnc3c2O)cc1. The van der Waals surface area contributed by atoms with Crippen molar-refractivity contribution in [2.24, 2.45) is 5.14 Å². The molecule has 0 saturated heterocycles. The van der Waals surface area contributed by atoms with Crippen molar-refractivity contribution in [2.75, 3.05) is 19.4 Å². The number of sulfonamides is 1. The quantitative estimate of drug-likeness (QED) is 0.501. The van der Waals surface area contributed by atoms with E-state index in [2.05, 4.69) is 10.3 Å². The summed E-state index contributed by atoms with van der Waals surface area (Å²) in [6.45, 7) is -0.0851. The highest BCUT2D eigenvalue weighted by molar-refractivity contribution is 7.89. The molecule has 0 aliphatic rings. The van der Waals surface area contributed by atoms with Gasteiger partial charge in [0.2, 0.25) is 15.9 Å². The van der Waals surface area contributed by atoms with E-state index in [1.165, 1.54) is 0 Å². The summed E-state index contributed by atoms with van der Waals surface area (Å²) in [7, 11) is -2.11. The van der Waals surface area contributed by atoms with Crippen molar-refractivity contribution < 1.29 is 23.1 Å². The van der Waals surface area contributed by atoms with Gasteiger partial charge >= 0.3 is 0 Å². The van der Waals surface area contributed by atoms with Crippen LogP contribution in [-0.4, -0.2) is 43.8 Å². The minimum absolute atomic E-state index is 0.00283. The third kappa shape index (κ3) is 5.25. The second-order valence-corrected chi connectivity index (χ2v) is 8.56. The molecule has 0 spiro atoms. The van der Waals surface area contributed by atoms with Crippen LogP contribution >= 0.6 is 0 Å². The van der Waals surface area contributed by atoms with Gasteiger partial charge < -0.3 is 15.2 Å². The summed E-state index contributed by atoms with van der Waals surface area (Å²) in [5, 5.41) is 19.2. The Balaban J connectivity index is 1.93. The Kier molecular flexibility index (Phi) is 6.53. The van der Waals surface area contributed by atoms with E-state index in [0.717, 1.165) is 10.9 Å². The van der Waals surface area contributed by atoms with Gasteiger partial charge in [-0.2, -0.15) is 0 Å². The number of aromatic nitrogens is 1. The van der Waals surface area contributed by atoms with E-state index in [4.69, 9.17) is 9.88 Å². The van der Waals surface area contributed by atoms with Crippen LogP contribution in [0.3, 0.4) is 0 Å². The van der Waals surface area contributed by atoms with Crippen LogP contribution in [0.25, 0.3) is 10.9 Å². The van der Waals surface area contributed by atoms with Crippen molar-refractivity contribution in [3.63, 3.8) is 0 Å². The maximum absolute atomic E-state index is 12.5. The molecular weight excluding hydrogens is 406 g/mol. The van der Waals surface area contributed by atoms with Crippen molar-refractivity contribution in [1.82, 2.24) is 10.3 Å². The molecule has 3 aromatic rings. The minimum atomic E-state index is -3.67. The number of aromatic hydroxyl groups is 1. The number of nitrogens with two attached hydrogens (primary N) is 1. The molecule has 1 aromatic heterocycles. The predicted octanol–water partition coefficient (Wildman–Crippen LogP) is 1.88. The third-order valence-electron chi connectivity index (χ3n) is 4.77. The molecule has 0 fully saturated rings. The minimum Gasteiger partial charge on any atom is -0.505 e. The molecule has 0 aliphatic carbocycles. The fourth-order valence-electron chi connectivity index (χ4n) is 3.26. The average Bonchev–Trinajstić information content (AvgIpc) is 2.72. The van der Waals surface area contributed by atoms with Gasteiger partial charge in [0.1, 0.15) is 17.0 Å². The first-order valence-corrected chi connectivity index (χ1v) is 11.0. The fraction of sp³-hybridized carbons (Fsp3) is 0.238. The lowest BCUT2D eigenvalue weighted by Crippen LogP contribution is -2.32. The van der Waals surface area contributed by atoms with Crippen LogP contribution in [0.4, 0.5) is 0 Å². The van der Waals surface area contributed by atoms with Crippen molar-refractivity contribution in [2.45, 2.75) is 12.3 Å². The number of fused-ring (bicyclic) bond motifs is 1. The lowest BCUT2D eigenvalue weighted by molar-refractivity contribution is -0.121. The predicted molar refractivity (Wildman–Crippen MR) is 114 cm³/mol. The standard InChI is InChI=1S/C21H23N3O5S/c1-29-16-7-4-14(5-8-16)18(13-19(25)23-11-12-30(22,27)28)17-9-6-15-3-2-10-24-20(15)21(17)26/h2-10,18,26H,11-13H2,1H3,(H,23,25)(H2,22,27,28). The van der Waals surface area contributed by atoms with E-state index in [-0.39, 0.29) is 30.4 Å². The molecule has 0 radical (unpaired) electrons. The second kappa shape index (κ2) is 9.10. The third-order valence-corrected chi connectivity index (χ3v) is 5.54. The molecule has 4 N–H and O–H groups in total. The van der Waals surface area contributed by atoms with Crippen LogP contribution in [0.2, 0.25) is 0 Å². The summed E-state index contributed by atoms with van der Waals surface area (Å²) >= 11 is 0. The number of phenolic OH excluding ortho intramolecular Hbond substituents is 1. The van der Waals surface area contributed by atoms with Gasteiger partial charge in [-0.15, -0.1) is 0 Å². The average molecular weight is 429 g/mol. The fourth-order valence-corrected chi connectivity index (χ4v) is 3.65. The van der Waals surface area contributed by atoms with Gasteiger partial charge in [-0.25, -0.2) is 13.6 Å². The van der Waals surface area contributed by atoms with Crippen LogP contribution in [0, 0.1) is 0 Å². The number of primary sulfonamides is 1. The van der Waals surface area contributed by atoms with Crippen molar-refractivity contribution in [3.8, 4) is 11.5 Å². The van der Waals surface area contributed by atoms with Crippen LogP contribution in [-0.2, 0) is 14.8 Å². The number of nitrogens with zero attached hydrogens (tertiary/aromatic N) is 1.